The van der Waals surface area contributed by atoms with E-state index in [0.29, 0.717) is 13.1 Å². The molecule has 0 saturated carbocycles. The minimum Gasteiger partial charge on any atom is -0.350 e. The molecule has 6 N–H and O–H groups in total. The van der Waals surface area contributed by atoms with Crippen molar-refractivity contribution in [1.29, 1.82) is 0 Å². The zero-order valence-electron chi connectivity index (χ0n) is 15.5. The van der Waals surface area contributed by atoms with Gasteiger partial charge in [0.1, 0.15) is 12.3 Å². The average molecular weight is 387 g/mol. The Morgan fingerprint density at radius 3 is 2.67 bits per heavy atom. The van der Waals surface area contributed by atoms with Crippen molar-refractivity contribution in [2.24, 2.45) is 11.7 Å². The van der Waals surface area contributed by atoms with Crippen LogP contribution in [-0.2, 0) is 4.79 Å². The molecule has 8 nitrogen and oxygen atoms in total. The summed E-state index contributed by atoms with van der Waals surface area (Å²) in [6, 6.07) is -0.621. The average Bonchev–Trinajstić information content (AvgIpc) is 2.97. The second-order valence-electron chi connectivity index (χ2n) is 8.16. The van der Waals surface area contributed by atoms with E-state index >= 15 is 0 Å². The lowest BCUT2D eigenvalue weighted by Gasteiger charge is -2.44. The van der Waals surface area contributed by atoms with Gasteiger partial charge in [-0.2, -0.15) is 0 Å². The molecular weight excluding hydrogens is 356 g/mol. The van der Waals surface area contributed by atoms with Gasteiger partial charge in [-0.15, -0.1) is 0 Å². The second kappa shape index (κ2) is 8.22. The summed E-state index contributed by atoms with van der Waals surface area (Å²) in [6.45, 7) is 3.00. The fraction of sp³-hybridized carbons (Fsp3) is 0.941. The number of likely N-dealkylation sites (tertiary alicyclic amines) is 1. The molecule has 154 valence electrons. The molecule has 0 aromatic carbocycles. The first kappa shape index (κ1) is 19.4. The van der Waals surface area contributed by atoms with Crippen LogP contribution in [0.5, 0.6) is 0 Å². The molecule has 0 spiro atoms. The molecule has 4 aliphatic rings. The molecule has 1 amide bonds. The third-order valence-corrected chi connectivity index (χ3v) is 6.25. The fourth-order valence-electron chi connectivity index (χ4n) is 4.96. The highest BCUT2D eigenvalue weighted by Crippen LogP contribution is 2.24. The third kappa shape index (κ3) is 3.96. The maximum Gasteiger partial charge on any atom is 0.229 e. The van der Waals surface area contributed by atoms with Crippen molar-refractivity contribution in [3.05, 3.63) is 0 Å². The van der Waals surface area contributed by atoms with Crippen molar-refractivity contribution >= 4 is 5.91 Å². The number of hydrazine groups is 1. The molecule has 4 fully saturated rings. The van der Waals surface area contributed by atoms with Crippen LogP contribution in [0.3, 0.4) is 0 Å². The largest absolute Gasteiger partial charge is 0.350 e. The molecule has 7 atom stereocenters. The topological polar surface area (TPSA) is 97.7 Å². The number of fused-ring (bicyclic) bond motifs is 1. The Bertz CT molecular complexity index is 535. The minimum absolute atomic E-state index is 0.198. The van der Waals surface area contributed by atoms with Crippen molar-refractivity contribution in [2.75, 3.05) is 39.3 Å². The van der Waals surface area contributed by atoms with Crippen molar-refractivity contribution in [3.63, 3.8) is 0 Å². The molecular formula is C17H31F2N7O. The lowest BCUT2D eigenvalue weighted by atomic mass is 9.93. The number of carbonyl (C=O) groups excluding carboxylic acids is 1. The lowest BCUT2D eigenvalue weighted by Crippen LogP contribution is -2.67. The summed E-state index contributed by atoms with van der Waals surface area (Å²) in [5.74, 6) is -0.769. The zero-order valence-corrected chi connectivity index (χ0v) is 15.5. The highest BCUT2D eigenvalue weighted by Gasteiger charge is 2.48. The van der Waals surface area contributed by atoms with Gasteiger partial charge < -0.3 is 16.4 Å². The van der Waals surface area contributed by atoms with Crippen LogP contribution in [0.15, 0.2) is 0 Å². The number of amides is 1. The first-order valence-corrected chi connectivity index (χ1v) is 10.1. The van der Waals surface area contributed by atoms with Gasteiger partial charge >= 0.3 is 0 Å². The number of nitrogens with one attached hydrogen (secondary N) is 4. The van der Waals surface area contributed by atoms with Crippen molar-refractivity contribution in [3.8, 4) is 0 Å². The molecule has 0 aromatic rings. The molecule has 0 aromatic heterocycles. The maximum absolute atomic E-state index is 14.7. The summed E-state index contributed by atoms with van der Waals surface area (Å²) in [5.41, 5.74) is 9.10. The van der Waals surface area contributed by atoms with Crippen LogP contribution in [-0.4, -0.2) is 91.8 Å². The van der Waals surface area contributed by atoms with E-state index in [9.17, 15) is 13.6 Å². The number of nitrogens with two attached hydrogens (primary N) is 1. The Kier molecular flexibility index (Phi) is 5.91. The normalized spacial score (nSPS) is 44.0. The van der Waals surface area contributed by atoms with Gasteiger partial charge in [-0.05, 0) is 25.9 Å². The van der Waals surface area contributed by atoms with Gasteiger partial charge in [0.25, 0.3) is 0 Å². The van der Waals surface area contributed by atoms with Crippen LogP contribution in [0.1, 0.15) is 19.3 Å². The van der Waals surface area contributed by atoms with Gasteiger partial charge in [0.05, 0.1) is 30.3 Å². The summed E-state index contributed by atoms with van der Waals surface area (Å²) in [5, 5.41) is 10.9. The van der Waals surface area contributed by atoms with E-state index in [2.05, 4.69) is 26.3 Å². The van der Waals surface area contributed by atoms with Gasteiger partial charge in [-0.1, -0.05) is 6.42 Å². The first-order valence-electron chi connectivity index (χ1n) is 10.1. The SMILES string of the molecule is NC1NN2CC(F)CNC2C1C(=O)NC1CNCC(F)C1N1CCCCC1. The molecule has 7 unspecified atom stereocenters. The van der Waals surface area contributed by atoms with E-state index in [0.717, 1.165) is 25.9 Å². The Labute approximate surface area is 158 Å². The van der Waals surface area contributed by atoms with Crippen LogP contribution in [0.2, 0.25) is 0 Å². The van der Waals surface area contributed by atoms with Crippen molar-refractivity contribution in [1.82, 2.24) is 31.3 Å². The number of alkyl halides is 2. The van der Waals surface area contributed by atoms with Crippen LogP contribution in [0.25, 0.3) is 0 Å². The zero-order chi connectivity index (χ0) is 19.0. The molecule has 10 heteroatoms. The first-order chi connectivity index (χ1) is 13.0. The Morgan fingerprint density at radius 1 is 1.11 bits per heavy atom. The van der Waals surface area contributed by atoms with Gasteiger partial charge in [-0.3, -0.25) is 15.0 Å². The van der Waals surface area contributed by atoms with Crippen molar-refractivity contribution < 1.29 is 13.6 Å². The number of hydrogen-bond acceptors (Lipinski definition) is 7. The van der Waals surface area contributed by atoms with E-state index in [1.54, 1.807) is 5.01 Å². The van der Waals surface area contributed by atoms with E-state index in [4.69, 9.17) is 5.73 Å². The monoisotopic (exact) mass is 387 g/mol. The summed E-state index contributed by atoms with van der Waals surface area (Å²) < 4.78 is 28.4. The van der Waals surface area contributed by atoms with Crippen LogP contribution in [0.4, 0.5) is 8.78 Å². The van der Waals surface area contributed by atoms with E-state index in [-0.39, 0.29) is 37.2 Å². The lowest BCUT2D eigenvalue weighted by molar-refractivity contribution is -0.128. The van der Waals surface area contributed by atoms with E-state index in [1.807, 2.05) is 0 Å². The Balaban J connectivity index is 1.44. The summed E-state index contributed by atoms with van der Waals surface area (Å²) in [7, 11) is 0. The molecule has 4 rings (SSSR count). The number of hydrogen-bond donors (Lipinski definition) is 5. The van der Waals surface area contributed by atoms with Crippen LogP contribution < -0.4 is 27.1 Å². The third-order valence-electron chi connectivity index (χ3n) is 6.25. The fourth-order valence-corrected chi connectivity index (χ4v) is 4.96. The smallest absolute Gasteiger partial charge is 0.229 e. The van der Waals surface area contributed by atoms with Gasteiger partial charge in [0.2, 0.25) is 5.91 Å². The number of rotatable bonds is 3. The predicted molar refractivity (Wildman–Crippen MR) is 96.9 cm³/mol. The summed E-state index contributed by atoms with van der Waals surface area (Å²) in [4.78, 5) is 15.2. The molecule has 4 heterocycles. The number of nitrogens with zero attached hydrogens (tertiary/aromatic N) is 2. The van der Waals surface area contributed by atoms with Crippen LogP contribution in [0, 0.1) is 5.92 Å². The van der Waals surface area contributed by atoms with Gasteiger partial charge in [0.15, 0.2) is 0 Å². The van der Waals surface area contributed by atoms with Crippen LogP contribution >= 0.6 is 0 Å². The summed E-state index contributed by atoms with van der Waals surface area (Å²) in [6.07, 6.45) is 0.351. The van der Waals surface area contributed by atoms with E-state index < -0.39 is 24.4 Å². The van der Waals surface area contributed by atoms with Gasteiger partial charge in [0, 0.05) is 26.2 Å². The summed E-state index contributed by atoms with van der Waals surface area (Å²) >= 11 is 0. The minimum atomic E-state index is -1.02. The molecule has 0 aliphatic carbocycles. The molecule has 4 saturated heterocycles. The highest BCUT2D eigenvalue weighted by atomic mass is 19.1. The molecule has 0 bridgehead atoms. The van der Waals surface area contributed by atoms with E-state index in [1.165, 1.54) is 6.42 Å². The second-order valence-corrected chi connectivity index (χ2v) is 8.16. The Hall–Kier alpha value is -0.910. The predicted octanol–water partition coefficient (Wildman–Crippen LogP) is -1.74. The highest BCUT2D eigenvalue weighted by molar-refractivity contribution is 5.81. The molecule has 4 aliphatic heterocycles. The molecule has 27 heavy (non-hydrogen) atoms. The maximum atomic E-state index is 14.7. The Morgan fingerprint density at radius 2 is 1.89 bits per heavy atom. The van der Waals surface area contributed by atoms with Crippen molar-refractivity contribution in [2.45, 2.75) is 56.0 Å². The van der Waals surface area contributed by atoms with Gasteiger partial charge in [-0.25, -0.2) is 19.2 Å². The standard InChI is InChI=1S/C17H31F2N7O/c18-10-6-22-16-13(15(20)24-26(16)9-10)17(27)23-12-8-21-7-11(19)14(12)25-4-2-1-3-5-25/h10-16,21-22,24H,1-9,20H2,(H,23,27). The quantitative estimate of drug-likeness (QED) is 0.392. The molecule has 0 radical (unpaired) electrons. The number of halogens is 2. The number of carbonyl (C=O) groups is 1. The number of piperidine rings is 2.